The van der Waals surface area contributed by atoms with Gasteiger partial charge in [-0.25, -0.2) is 4.39 Å². The molecular formula is C15H13FN2O3. The van der Waals surface area contributed by atoms with Crippen molar-refractivity contribution in [3.8, 4) is 11.5 Å². The maximum atomic E-state index is 13.4. The van der Waals surface area contributed by atoms with Gasteiger partial charge in [0, 0.05) is 6.20 Å². The Morgan fingerprint density at radius 1 is 1.33 bits per heavy atom. The summed E-state index contributed by atoms with van der Waals surface area (Å²) in [5.74, 6) is 0.164. The fourth-order valence-corrected chi connectivity index (χ4v) is 2.02. The van der Waals surface area contributed by atoms with Gasteiger partial charge in [0.2, 0.25) is 0 Å². The molecule has 0 spiro atoms. The molecule has 2 heterocycles. The number of aromatic nitrogens is 1. The second kappa shape index (κ2) is 5.78. The molecule has 108 valence electrons. The Kier molecular flexibility index (Phi) is 3.68. The largest absolute Gasteiger partial charge is 0.486 e. The van der Waals surface area contributed by atoms with Crippen LogP contribution in [0.25, 0.3) is 0 Å². The molecule has 1 aromatic carbocycles. The van der Waals surface area contributed by atoms with Gasteiger partial charge in [0.15, 0.2) is 17.3 Å². The number of halogens is 1. The molecule has 6 heteroatoms. The fraction of sp³-hybridized carbons (Fsp3) is 0.200. The highest BCUT2D eigenvalue weighted by Crippen LogP contribution is 2.30. The average molecular weight is 288 g/mol. The summed E-state index contributed by atoms with van der Waals surface area (Å²) in [7, 11) is 0. The van der Waals surface area contributed by atoms with Crippen LogP contribution in [-0.2, 0) is 0 Å². The summed E-state index contributed by atoms with van der Waals surface area (Å²) in [6.45, 7) is 0.561. The number of hydrogen-bond donors (Lipinski definition) is 1. The van der Waals surface area contributed by atoms with Gasteiger partial charge in [-0.2, -0.15) is 0 Å². The van der Waals surface area contributed by atoms with Gasteiger partial charge in [0.25, 0.3) is 5.91 Å². The first-order valence-electron chi connectivity index (χ1n) is 6.50. The van der Waals surface area contributed by atoms with E-state index in [-0.39, 0.29) is 18.2 Å². The number of ether oxygens (including phenoxy) is 2. The van der Waals surface area contributed by atoms with E-state index in [1.807, 2.05) is 18.2 Å². The number of pyridine rings is 1. The van der Waals surface area contributed by atoms with Crippen molar-refractivity contribution in [1.29, 1.82) is 0 Å². The minimum atomic E-state index is -0.652. The molecule has 3 rings (SSSR count). The summed E-state index contributed by atoms with van der Waals surface area (Å²) in [4.78, 5) is 15.5. The van der Waals surface area contributed by atoms with Crippen molar-refractivity contribution in [2.75, 3.05) is 13.2 Å². The second-order valence-corrected chi connectivity index (χ2v) is 4.56. The predicted octanol–water partition coefficient (Wildman–Crippen LogP) is 1.79. The van der Waals surface area contributed by atoms with E-state index in [1.54, 1.807) is 6.07 Å². The maximum absolute atomic E-state index is 13.4. The van der Waals surface area contributed by atoms with Gasteiger partial charge < -0.3 is 14.8 Å². The number of nitrogens with zero attached hydrogens (tertiary/aromatic N) is 1. The number of carbonyl (C=O) groups excluding carboxylic acids is 1. The number of hydrogen-bond acceptors (Lipinski definition) is 4. The first-order valence-corrected chi connectivity index (χ1v) is 6.50. The first-order chi connectivity index (χ1) is 10.2. The number of rotatable bonds is 3. The summed E-state index contributed by atoms with van der Waals surface area (Å²) in [6.07, 6.45) is 2.06. The molecular weight excluding hydrogens is 275 g/mol. The third-order valence-corrected chi connectivity index (χ3v) is 3.07. The Labute approximate surface area is 120 Å². The van der Waals surface area contributed by atoms with Crippen molar-refractivity contribution in [1.82, 2.24) is 10.3 Å². The topological polar surface area (TPSA) is 60.5 Å². The zero-order valence-electron chi connectivity index (χ0n) is 11.1. The van der Waals surface area contributed by atoms with Gasteiger partial charge >= 0.3 is 0 Å². The van der Waals surface area contributed by atoms with E-state index in [1.165, 1.54) is 12.3 Å². The van der Waals surface area contributed by atoms with Gasteiger partial charge in [-0.15, -0.1) is 0 Å². The van der Waals surface area contributed by atoms with E-state index < -0.39 is 11.7 Å². The van der Waals surface area contributed by atoms with Crippen LogP contribution in [0.3, 0.4) is 0 Å². The van der Waals surface area contributed by atoms with Gasteiger partial charge in [0.05, 0.1) is 18.3 Å². The third-order valence-electron chi connectivity index (χ3n) is 3.07. The maximum Gasteiger partial charge on any atom is 0.254 e. The summed E-state index contributed by atoms with van der Waals surface area (Å²) < 4.78 is 24.7. The molecule has 5 nitrogen and oxygen atoms in total. The van der Waals surface area contributed by atoms with Gasteiger partial charge in [0.1, 0.15) is 12.7 Å². The minimum Gasteiger partial charge on any atom is -0.486 e. The van der Waals surface area contributed by atoms with E-state index >= 15 is 0 Å². The van der Waals surface area contributed by atoms with Crippen molar-refractivity contribution in [3.63, 3.8) is 0 Å². The zero-order valence-corrected chi connectivity index (χ0v) is 11.1. The summed E-state index contributed by atoms with van der Waals surface area (Å²) in [5, 5.41) is 2.63. The summed E-state index contributed by atoms with van der Waals surface area (Å²) >= 11 is 0. The molecule has 1 amide bonds. The Morgan fingerprint density at radius 3 is 2.95 bits per heavy atom. The number of para-hydroxylation sites is 2. The van der Waals surface area contributed by atoms with Crippen LogP contribution in [0.2, 0.25) is 0 Å². The Hall–Kier alpha value is -2.63. The second-order valence-electron chi connectivity index (χ2n) is 4.56. The predicted molar refractivity (Wildman–Crippen MR) is 72.9 cm³/mol. The van der Waals surface area contributed by atoms with Crippen LogP contribution in [0.5, 0.6) is 11.5 Å². The molecule has 1 aromatic heterocycles. The van der Waals surface area contributed by atoms with E-state index in [0.717, 1.165) is 6.20 Å². The van der Waals surface area contributed by atoms with Crippen LogP contribution in [0.4, 0.5) is 4.39 Å². The van der Waals surface area contributed by atoms with Crippen molar-refractivity contribution >= 4 is 5.91 Å². The van der Waals surface area contributed by atoms with Crippen molar-refractivity contribution in [2.45, 2.75) is 6.10 Å². The molecule has 0 radical (unpaired) electrons. The normalized spacial score (nSPS) is 16.3. The van der Waals surface area contributed by atoms with Crippen molar-refractivity contribution in [2.24, 2.45) is 0 Å². The number of benzene rings is 1. The van der Waals surface area contributed by atoms with Gasteiger partial charge in [-0.3, -0.25) is 9.78 Å². The van der Waals surface area contributed by atoms with Gasteiger partial charge in [-0.05, 0) is 18.2 Å². The highest BCUT2D eigenvalue weighted by molar-refractivity contribution is 5.94. The van der Waals surface area contributed by atoms with E-state index in [2.05, 4.69) is 10.3 Å². The molecule has 0 fully saturated rings. The molecule has 0 aliphatic carbocycles. The van der Waals surface area contributed by atoms with Crippen molar-refractivity contribution < 1.29 is 18.7 Å². The molecule has 1 atom stereocenters. The SMILES string of the molecule is O=C(NCC1COc2ccccc2O1)c1ccncc1F. The van der Waals surface area contributed by atoms with E-state index in [9.17, 15) is 9.18 Å². The average Bonchev–Trinajstić information content (AvgIpc) is 2.53. The number of amides is 1. The minimum absolute atomic E-state index is 0.0397. The third kappa shape index (κ3) is 2.94. The highest BCUT2D eigenvalue weighted by Gasteiger charge is 2.21. The quantitative estimate of drug-likeness (QED) is 0.935. The lowest BCUT2D eigenvalue weighted by Crippen LogP contribution is -2.40. The Balaban J connectivity index is 1.59. The van der Waals surface area contributed by atoms with E-state index in [4.69, 9.17) is 9.47 Å². The Bertz CT molecular complexity index is 663. The lowest BCUT2D eigenvalue weighted by Gasteiger charge is -2.26. The number of fused-ring (bicyclic) bond motifs is 1. The first kappa shape index (κ1) is 13.4. The molecule has 1 aliphatic heterocycles. The highest BCUT2D eigenvalue weighted by atomic mass is 19.1. The van der Waals surface area contributed by atoms with Gasteiger partial charge in [-0.1, -0.05) is 12.1 Å². The standard InChI is InChI=1S/C15H13FN2O3/c16-12-8-17-6-5-11(12)15(19)18-7-10-9-20-13-3-1-2-4-14(13)21-10/h1-6,8,10H,7,9H2,(H,18,19). The van der Waals surface area contributed by atoms with Crippen LogP contribution in [0.1, 0.15) is 10.4 Å². The molecule has 0 saturated carbocycles. The number of carbonyl (C=O) groups is 1. The molecule has 1 N–H and O–H groups in total. The lowest BCUT2D eigenvalue weighted by atomic mass is 10.2. The lowest BCUT2D eigenvalue weighted by molar-refractivity contribution is 0.0787. The van der Waals surface area contributed by atoms with Crippen LogP contribution in [0, 0.1) is 5.82 Å². The molecule has 1 aliphatic rings. The molecule has 21 heavy (non-hydrogen) atoms. The zero-order chi connectivity index (χ0) is 14.7. The van der Waals surface area contributed by atoms with Crippen LogP contribution < -0.4 is 14.8 Å². The smallest absolute Gasteiger partial charge is 0.254 e. The molecule has 0 bridgehead atoms. The molecule has 1 unspecified atom stereocenters. The van der Waals surface area contributed by atoms with Crippen LogP contribution >= 0.6 is 0 Å². The van der Waals surface area contributed by atoms with E-state index in [0.29, 0.717) is 18.1 Å². The molecule has 0 saturated heterocycles. The monoisotopic (exact) mass is 288 g/mol. The van der Waals surface area contributed by atoms with Crippen LogP contribution in [0.15, 0.2) is 42.7 Å². The van der Waals surface area contributed by atoms with Crippen molar-refractivity contribution in [3.05, 3.63) is 54.1 Å². The fourth-order valence-electron chi connectivity index (χ4n) is 2.02. The molecule has 2 aromatic rings. The summed E-state index contributed by atoms with van der Waals surface area (Å²) in [5.41, 5.74) is -0.0397. The Morgan fingerprint density at radius 2 is 2.14 bits per heavy atom. The van der Waals surface area contributed by atoms with Crippen LogP contribution in [-0.4, -0.2) is 30.1 Å². The number of nitrogens with one attached hydrogen (secondary N) is 1. The summed E-state index contributed by atoms with van der Waals surface area (Å²) in [6, 6.07) is 8.65.